The van der Waals surface area contributed by atoms with Crippen molar-refractivity contribution >= 4 is 5.97 Å². The molecule has 0 radical (unpaired) electrons. The first-order valence-corrected chi connectivity index (χ1v) is 4.72. The molecular formula is C9H10N4O3. The van der Waals surface area contributed by atoms with Crippen LogP contribution >= 0.6 is 0 Å². The summed E-state index contributed by atoms with van der Waals surface area (Å²) in [6.07, 6.45) is 1.30. The van der Waals surface area contributed by atoms with Gasteiger partial charge >= 0.3 is 5.97 Å². The molecule has 0 unspecified atom stereocenters. The molecule has 0 amide bonds. The molecular weight excluding hydrogens is 212 g/mol. The Bertz CT molecular complexity index is 502. The maximum atomic E-state index is 11.3. The highest BCUT2D eigenvalue weighted by Crippen LogP contribution is 2.17. The lowest BCUT2D eigenvalue weighted by molar-refractivity contribution is 0.0512. The second-order valence-electron chi connectivity index (χ2n) is 2.99. The lowest BCUT2D eigenvalue weighted by Gasteiger charge is -1.94. The first kappa shape index (κ1) is 10.3. The number of H-pyrrole nitrogens is 1. The molecule has 0 aliphatic heterocycles. The zero-order chi connectivity index (χ0) is 11.5. The second-order valence-corrected chi connectivity index (χ2v) is 2.99. The molecule has 2 aromatic rings. The number of aromatic nitrogens is 4. The van der Waals surface area contributed by atoms with E-state index in [2.05, 4.69) is 20.2 Å². The van der Waals surface area contributed by atoms with Crippen LogP contribution in [0.15, 0.2) is 10.8 Å². The van der Waals surface area contributed by atoms with E-state index in [9.17, 15) is 4.79 Å². The van der Waals surface area contributed by atoms with E-state index in [1.54, 1.807) is 13.8 Å². The molecule has 2 heterocycles. The first-order valence-electron chi connectivity index (χ1n) is 4.72. The van der Waals surface area contributed by atoms with E-state index in [1.165, 1.54) is 6.39 Å². The van der Waals surface area contributed by atoms with Crippen LogP contribution in [0.4, 0.5) is 0 Å². The summed E-state index contributed by atoms with van der Waals surface area (Å²) in [5, 5.41) is 6.33. The van der Waals surface area contributed by atoms with Gasteiger partial charge in [0.2, 0.25) is 11.6 Å². The van der Waals surface area contributed by atoms with Gasteiger partial charge < -0.3 is 9.15 Å². The van der Waals surface area contributed by atoms with Crippen LogP contribution in [-0.4, -0.2) is 32.7 Å². The lowest BCUT2D eigenvalue weighted by Crippen LogP contribution is -2.06. The van der Waals surface area contributed by atoms with Gasteiger partial charge in [0, 0.05) is 0 Å². The molecule has 2 rings (SSSR count). The van der Waals surface area contributed by atoms with Gasteiger partial charge in [0.15, 0.2) is 12.2 Å². The smallest absolute Gasteiger partial charge is 0.375 e. The number of hydrogen-bond acceptors (Lipinski definition) is 6. The van der Waals surface area contributed by atoms with Gasteiger partial charge in [-0.3, -0.25) is 5.10 Å². The van der Waals surface area contributed by atoms with Crippen LogP contribution in [0.1, 0.15) is 23.2 Å². The molecule has 7 nitrogen and oxygen atoms in total. The molecule has 0 spiro atoms. The lowest BCUT2D eigenvalue weighted by atomic mass is 10.3. The second kappa shape index (κ2) is 4.13. The van der Waals surface area contributed by atoms with Crippen LogP contribution in [0.5, 0.6) is 0 Å². The zero-order valence-corrected chi connectivity index (χ0v) is 8.85. The highest BCUT2D eigenvalue weighted by atomic mass is 16.5. The molecule has 16 heavy (non-hydrogen) atoms. The van der Waals surface area contributed by atoms with Crippen molar-refractivity contribution in [3.63, 3.8) is 0 Å². The number of aromatic amines is 1. The third kappa shape index (κ3) is 1.79. The Morgan fingerprint density at radius 3 is 3.06 bits per heavy atom. The van der Waals surface area contributed by atoms with E-state index in [-0.39, 0.29) is 18.3 Å². The number of oxazole rings is 1. The fourth-order valence-corrected chi connectivity index (χ4v) is 1.17. The summed E-state index contributed by atoms with van der Waals surface area (Å²) in [5.41, 5.74) is 0.661. The van der Waals surface area contributed by atoms with E-state index < -0.39 is 5.97 Å². The number of esters is 1. The summed E-state index contributed by atoms with van der Waals surface area (Å²) in [4.78, 5) is 19.2. The Kier molecular flexibility index (Phi) is 2.67. The number of carbonyl (C=O) groups excluding carboxylic acids is 1. The van der Waals surface area contributed by atoms with E-state index in [4.69, 9.17) is 9.15 Å². The average molecular weight is 222 g/mol. The largest absolute Gasteiger partial charge is 0.460 e. The summed E-state index contributed by atoms with van der Waals surface area (Å²) in [6.45, 7) is 3.77. The van der Waals surface area contributed by atoms with Crippen LogP contribution in [0.25, 0.3) is 11.6 Å². The Morgan fingerprint density at radius 2 is 2.44 bits per heavy atom. The highest BCUT2D eigenvalue weighted by Gasteiger charge is 2.17. The van der Waals surface area contributed by atoms with Crippen LogP contribution in [0, 0.1) is 6.92 Å². The van der Waals surface area contributed by atoms with Crippen molar-refractivity contribution in [3.8, 4) is 11.6 Å². The maximum Gasteiger partial charge on any atom is 0.375 e. The molecule has 1 N–H and O–H groups in total. The molecule has 0 aromatic carbocycles. The van der Waals surface area contributed by atoms with E-state index in [1.807, 2.05) is 0 Å². The van der Waals surface area contributed by atoms with E-state index in [0.717, 1.165) is 0 Å². The number of aryl methyl sites for hydroxylation is 1. The highest BCUT2D eigenvalue weighted by molar-refractivity contribution is 5.85. The molecule has 0 fully saturated rings. The Hall–Kier alpha value is -2.18. The molecule has 2 aromatic heterocycles. The minimum Gasteiger partial charge on any atom is -0.460 e. The number of hydrogen-bond donors (Lipinski definition) is 1. The normalized spacial score (nSPS) is 10.4. The fourth-order valence-electron chi connectivity index (χ4n) is 1.17. The number of nitrogens with one attached hydrogen (secondary N) is 1. The third-order valence-corrected chi connectivity index (χ3v) is 1.90. The Labute approximate surface area is 90.9 Å². The standard InChI is InChI=1S/C9H10N4O3/c1-3-15-9(14)8-11-7(12-13-8)6-5(2)10-4-16-6/h4H,3H2,1-2H3,(H,11,12,13). The summed E-state index contributed by atoms with van der Waals surface area (Å²) in [6, 6.07) is 0. The fraction of sp³-hybridized carbons (Fsp3) is 0.333. The van der Waals surface area contributed by atoms with Crippen LogP contribution < -0.4 is 0 Å². The monoisotopic (exact) mass is 222 g/mol. The number of rotatable bonds is 3. The van der Waals surface area contributed by atoms with Crippen molar-refractivity contribution in [2.24, 2.45) is 0 Å². The Balaban J connectivity index is 2.26. The van der Waals surface area contributed by atoms with Gasteiger partial charge in [-0.1, -0.05) is 0 Å². The molecule has 0 saturated carbocycles. The predicted molar refractivity (Wildman–Crippen MR) is 52.6 cm³/mol. The van der Waals surface area contributed by atoms with Crippen molar-refractivity contribution in [2.45, 2.75) is 13.8 Å². The van der Waals surface area contributed by atoms with Crippen LogP contribution in [0.3, 0.4) is 0 Å². The van der Waals surface area contributed by atoms with Crippen molar-refractivity contribution in [1.82, 2.24) is 20.2 Å². The molecule has 0 bridgehead atoms. The van der Waals surface area contributed by atoms with Crippen LogP contribution in [-0.2, 0) is 4.74 Å². The quantitative estimate of drug-likeness (QED) is 0.777. The minimum atomic E-state index is -0.543. The van der Waals surface area contributed by atoms with Gasteiger partial charge in [0.25, 0.3) is 0 Å². The summed E-state index contributed by atoms with van der Waals surface area (Å²) in [7, 11) is 0. The molecule has 0 saturated heterocycles. The number of carbonyl (C=O) groups is 1. The van der Waals surface area contributed by atoms with Gasteiger partial charge in [-0.15, -0.1) is 5.10 Å². The minimum absolute atomic E-state index is 0.0488. The molecule has 7 heteroatoms. The van der Waals surface area contributed by atoms with Crippen molar-refractivity contribution in [2.75, 3.05) is 6.61 Å². The summed E-state index contributed by atoms with van der Waals surface area (Å²) in [5.74, 6) is 0.232. The van der Waals surface area contributed by atoms with Gasteiger partial charge in [-0.25, -0.2) is 9.78 Å². The van der Waals surface area contributed by atoms with Gasteiger partial charge in [0.05, 0.1) is 12.3 Å². The number of nitrogens with zero attached hydrogens (tertiary/aromatic N) is 3. The number of ether oxygens (including phenoxy) is 1. The molecule has 0 aliphatic rings. The summed E-state index contributed by atoms with van der Waals surface area (Å²) < 4.78 is 9.87. The van der Waals surface area contributed by atoms with Crippen LogP contribution in [0.2, 0.25) is 0 Å². The molecule has 84 valence electrons. The third-order valence-electron chi connectivity index (χ3n) is 1.90. The van der Waals surface area contributed by atoms with Gasteiger partial charge in [-0.05, 0) is 13.8 Å². The van der Waals surface area contributed by atoms with Gasteiger partial charge in [0.1, 0.15) is 0 Å². The Morgan fingerprint density at radius 1 is 1.62 bits per heavy atom. The van der Waals surface area contributed by atoms with Crippen molar-refractivity contribution in [3.05, 3.63) is 17.9 Å². The molecule has 0 atom stereocenters. The average Bonchev–Trinajstić information content (AvgIpc) is 2.86. The maximum absolute atomic E-state index is 11.3. The van der Waals surface area contributed by atoms with E-state index in [0.29, 0.717) is 11.5 Å². The van der Waals surface area contributed by atoms with Gasteiger partial charge in [-0.2, -0.15) is 4.98 Å². The zero-order valence-electron chi connectivity index (χ0n) is 8.85. The van der Waals surface area contributed by atoms with E-state index >= 15 is 0 Å². The van der Waals surface area contributed by atoms with Crippen molar-refractivity contribution < 1.29 is 13.9 Å². The summed E-state index contributed by atoms with van der Waals surface area (Å²) >= 11 is 0. The topological polar surface area (TPSA) is 93.9 Å². The molecule has 0 aliphatic carbocycles. The first-order chi connectivity index (χ1) is 7.72. The predicted octanol–water partition coefficient (Wildman–Crippen LogP) is 0.945. The SMILES string of the molecule is CCOC(=O)c1nc(-c2ocnc2C)n[nH]1. The van der Waals surface area contributed by atoms with Crippen molar-refractivity contribution in [1.29, 1.82) is 0 Å².